The number of aliphatic hydroxyl groups is 1. The van der Waals surface area contributed by atoms with Crippen molar-refractivity contribution in [1.29, 1.82) is 0 Å². The molecule has 0 radical (unpaired) electrons. The first-order valence-electron chi connectivity index (χ1n) is 15.3. The van der Waals surface area contributed by atoms with Crippen molar-refractivity contribution < 1.29 is 9.90 Å². The van der Waals surface area contributed by atoms with E-state index in [-0.39, 0.29) is 17.4 Å². The fourth-order valence-corrected chi connectivity index (χ4v) is 8.37. The van der Waals surface area contributed by atoms with Gasteiger partial charge < -0.3 is 15.3 Å². The smallest absolute Gasteiger partial charge is 0.220 e. The van der Waals surface area contributed by atoms with E-state index in [2.05, 4.69) is 39.9 Å². The molecule has 9 nitrogen and oxygen atoms in total. The number of aliphatic hydroxyl groups excluding tert-OH is 1. The van der Waals surface area contributed by atoms with Gasteiger partial charge in [0.05, 0.1) is 29.1 Å². The van der Waals surface area contributed by atoms with Crippen LogP contribution >= 0.6 is 0 Å². The molecule has 0 saturated heterocycles. The number of nitrogens with one attached hydrogen (secondary N) is 1. The lowest BCUT2D eigenvalue weighted by molar-refractivity contribution is -0.125. The van der Waals surface area contributed by atoms with Crippen LogP contribution in [0.2, 0.25) is 0 Å². The van der Waals surface area contributed by atoms with Crippen LogP contribution in [0.4, 0.5) is 5.69 Å². The molecule has 9 heteroatoms. The predicted molar refractivity (Wildman–Crippen MR) is 154 cm³/mol. The van der Waals surface area contributed by atoms with E-state index in [0.717, 1.165) is 74.2 Å². The van der Waals surface area contributed by atoms with Gasteiger partial charge in [-0.2, -0.15) is 10.2 Å². The minimum Gasteiger partial charge on any atom is -0.393 e. The molecule has 3 aromatic rings. The number of anilines is 1. The number of hydrogen-bond acceptors (Lipinski definition) is 6. The van der Waals surface area contributed by atoms with E-state index >= 15 is 0 Å². The Hall–Kier alpha value is -2.94. The monoisotopic (exact) mass is 545 g/mol. The summed E-state index contributed by atoms with van der Waals surface area (Å²) in [6, 6.07) is 2.50. The van der Waals surface area contributed by atoms with Gasteiger partial charge in [0.25, 0.3) is 0 Å². The summed E-state index contributed by atoms with van der Waals surface area (Å²) in [7, 11) is 1.96. The molecule has 1 aliphatic heterocycles. The number of aryl methyl sites for hydroxylation is 3. The quantitative estimate of drug-likeness (QED) is 0.486. The molecule has 40 heavy (non-hydrogen) atoms. The van der Waals surface area contributed by atoms with Gasteiger partial charge in [0.1, 0.15) is 0 Å². The average Bonchev–Trinajstić information content (AvgIpc) is 3.43. The Bertz CT molecular complexity index is 1440. The predicted octanol–water partition coefficient (Wildman–Crippen LogP) is 3.96. The van der Waals surface area contributed by atoms with Gasteiger partial charge >= 0.3 is 0 Å². The first-order chi connectivity index (χ1) is 19.3. The lowest BCUT2D eigenvalue weighted by atomic mass is 9.60. The third-order valence-electron chi connectivity index (χ3n) is 10.5. The normalized spacial score (nSPS) is 29.8. The van der Waals surface area contributed by atoms with Gasteiger partial charge in [-0.1, -0.05) is 6.42 Å². The molecule has 3 aliphatic carbocycles. The number of pyridine rings is 1. The highest BCUT2D eigenvalue weighted by atomic mass is 16.3. The minimum absolute atomic E-state index is 0.189. The molecule has 2 N–H and O–H groups in total. The van der Waals surface area contributed by atoms with Crippen LogP contribution in [0, 0.1) is 31.1 Å². The molecule has 3 fully saturated rings. The van der Waals surface area contributed by atoms with E-state index in [1.54, 1.807) is 0 Å². The topological polar surface area (TPSA) is 101 Å². The highest BCUT2D eigenvalue weighted by Crippen LogP contribution is 2.50. The molecule has 1 amide bonds. The Morgan fingerprint density at radius 1 is 1.23 bits per heavy atom. The van der Waals surface area contributed by atoms with Crippen LogP contribution in [-0.4, -0.2) is 54.2 Å². The van der Waals surface area contributed by atoms with E-state index in [1.807, 2.05) is 17.9 Å². The Labute approximate surface area is 236 Å². The Morgan fingerprint density at radius 3 is 2.90 bits per heavy atom. The zero-order valence-electron chi connectivity index (χ0n) is 24.2. The number of hydrogen-bond donors (Lipinski definition) is 2. The Morgan fingerprint density at radius 2 is 2.08 bits per heavy atom. The van der Waals surface area contributed by atoms with Crippen molar-refractivity contribution in [3.05, 3.63) is 34.9 Å². The Kier molecular flexibility index (Phi) is 6.40. The molecule has 3 aromatic heterocycles. The number of rotatable bonds is 6. The first kappa shape index (κ1) is 26.0. The van der Waals surface area contributed by atoms with E-state index in [1.165, 1.54) is 42.6 Å². The third-order valence-corrected chi connectivity index (χ3v) is 10.5. The molecule has 0 aromatic carbocycles. The van der Waals surface area contributed by atoms with Gasteiger partial charge in [0.15, 0.2) is 5.65 Å². The molecule has 4 heterocycles. The van der Waals surface area contributed by atoms with Crippen LogP contribution in [-0.2, 0) is 31.4 Å². The summed E-state index contributed by atoms with van der Waals surface area (Å²) >= 11 is 0. The van der Waals surface area contributed by atoms with Crippen molar-refractivity contribution in [3.63, 3.8) is 0 Å². The van der Waals surface area contributed by atoms with Crippen LogP contribution in [0.5, 0.6) is 0 Å². The highest BCUT2D eigenvalue weighted by molar-refractivity contribution is 5.89. The highest BCUT2D eigenvalue weighted by Gasteiger charge is 2.45. The average molecular weight is 546 g/mol. The molecule has 4 aliphatic rings. The number of amides is 1. The Balaban J connectivity index is 1.05. The van der Waals surface area contributed by atoms with E-state index in [9.17, 15) is 9.90 Å². The molecular formula is C31H43N7O2. The number of carbonyl (C=O) groups excluding carboxylic acids is 1. The first-order valence-corrected chi connectivity index (χ1v) is 15.3. The van der Waals surface area contributed by atoms with Crippen molar-refractivity contribution in [2.45, 2.75) is 103 Å². The number of carbonyl (C=O) groups is 1. The summed E-state index contributed by atoms with van der Waals surface area (Å²) in [6.07, 6.45) is 12.0. The van der Waals surface area contributed by atoms with Gasteiger partial charge in [0, 0.05) is 62.5 Å². The van der Waals surface area contributed by atoms with Crippen LogP contribution < -0.4 is 10.2 Å². The van der Waals surface area contributed by atoms with E-state index < -0.39 is 0 Å². The van der Waals surface area contributed by atoms with Crippen molar-refractivity contribution in [3.8, 4) is 0 Å². The molecular weight excluding hydrogens is 502 g/mol. The summed E-state index contributed by atoms with van der Waals surface area (Å²) in [5.74, 6) is 1.12. The number of aromatic nitrogens is 5. The summed E-state index contributed by atoms with van der Waals surface area (Å²) in [4.78, 5) is 19.9. The fourth-order valence-electron chi connectivity index (χ4n) is 8.37. The molecule has 214 valence electrons. The van der Waals surface area contributed by atoms with Crippen LogP contribution in [0.1, 0.15) is 80.4 Å². The maximum Gasteiger partial charge on any atom is 0.220 e. The zero-order valence-corrected chi connectivity index (χ0v) is 24.2. The molecule has 0 spiro atoms. The number of nitrogens with zero attached hydrogens (tertiary/aromatic N) is 6. The summed E-state index contributed by atoms with van der Waals surface area (Å²) < 4.78 is 4.23. The summed E-state index contributed by atoms with van der Waals surface area (Å²) in [5.41, 5.74) is 7.40. The summed E-state index contributed by atoms with van der Waals surface area (Å²) in [5, 5.41) is 23.7. The van der Waals surface area contributed by atoms with Gasteiger partial charge in [-0.15, -0.1) is 0 Å². The van der Waals surface area contributed by atoms with Crippen molar-refractivity contribution >= 4 is 22.6 Å². The SMILES string of the molecule is Cc1cc(N2CCc3c(c(C)nn3CC34CCCC(C3)C(NC(=O)CC3CC(O)C3)CC4)C2)c2cnn(C)c2n1. The maximum absolute atomic E-state index is 12.7. The van der Waals surface area contributed by atoms with Gasteiger partial charge in [0.2, 0.25) is 5.91 Å². The lowest BCUT2D eigenvalue weighted by Crippen LogP contribution is -2.50. The maximum atomic E-state index is 12.7. The second-order valence-corrected chi connectivity index (χ2v) is 13.4. The minimum atomic E-state index is -0.191. The second kappa shape index (κ2) is 9.86. The summed E-state index contributed by atoms with van der Waals surface area (Å²) in [6.45, 7) is 7.07. The van der Waals surface area contributed by atoms with Crippen LogP contribution in [0.3, 0.4) is 0 Å². The van der Waals surface area contributed by atoms with Crippen molar-refractivity contribution in [2.24, 2.45) is 24.3 Å². The van der Waals surface area contributed by atoms with Crippen molar-refractivity contribution in [1.82, 2.24) is 29.9 Å². The largest absolute Gasteiger partial charge is 0.393 e. The molecule has 3 saturated carbocycles. The fraction of sp³-hybridized carbons (Fsp3) is 0.677. The van der Waals surface area contributed by atoms with Gasteiger partial charge in [-0.05, 0) is 82.1 Å². The van der Waals surface area contributed by atoms with E-state index in [0.29, 0.717) is 24.3 Å². The van der Waals surface area contributed by atoms with E-state index in [4.69, 9.17) is 10.1 Å². The molecule has 3 unspecified atom stereocenters. The van der Waals surface area contributed by atoms with Crippen molar-refractivity contribution in [2.75, 3.05) is 11.4 Å². The lowest BCUT2D eigenvalue weighted by Gasteiger charge is -2.49. The second-order valence-electron chi connectivity index (χ2n) is 13.4. The van der Waals surface area contributed by atoms with Gasteiger partial charge in [-0.3, -0.25) is 14.2 Å². The van der Waals surface area contributed by atoms with Gasteiger partial charge in [-0.25, -0.2) is 4.98 Å². The molecule has 7 rings (SSSR count). The number of fused-ring (bicyclic) bond motifs is 4. The standard InChI is InChI=1S/C31H43N7O2/c1-19-11-28(24-16-32-36(3)30(24)33-19)37-10-7-27-25(17-37)20(2)35-38(27)18-31-8-4-5-22(15-31)26(6-9-31)34-29(40)14-21-12-23(39)13-21/h11,16,21-23,26,39H,4-10,12-15,17-18H2,1-3H3,(H,34,40). The zero-order chi connectivity index (χ0) is 27.6. The third kappa shape index (κ3) is 4.60. The molecule has 2 bridgehead atoms. The van der Waals surface area contributed by atoms with Crippen LogP contribution in [0.25, 0.3) is 11.0 Å². The van der Waals surface area contributed by atoms with Crippen LogP contribution in [0.15, 0.2) is 12.3 Å². The molecule has 3 atom stereocenters.